The molecule has 4 rings (SSSR count). The Morgan fingerprint density at radius 3 is 2.92 bits per heavy atom. The standard InChI is InChI=1S/C18H21N7O/c26-14-7-4-10-25(12-14)16-8-9-19-18(22-16)20-11-15-21-17(24-23-15)13-5-2-1-3-6-13/h1-3,5-6,8-9,14,26H,4,7,10-12H2,(H,19,20,22)(H,21,23,24)/t14-/m1/s1. The summed E-state index contributed by atoms with van der Waals surface area (Å²) < 4.78 is 0. The summed E-state index contributed by atoms with van der Waals surface area (Å²) >= 11 is 0. The predicted molar refractivity (Wildman–Crippen MR) is 98.6 cm³/mol. The summed E-state index contributed by atoms with van der Waals surface area (Å²) in [5.74, 6) is 2.73. The van der Waals surface area contributed by atoms with E-state index in [2.05, 4.69) is 35.4 Å². The van der Waals surface area contributed by atoms with Gasteiger partial charge >= 0.3 is 0 Å². The van der Waals surface area contributed by atoms with Crippen molar-refractivity contribution in [3.8, 4) is 11.4 Å². The maximum Gasteiger partial charge on any atom is 0.224 e. The Morgan fingerprint density at radius 1 is 1.19 bits per heavy atom. The molecule has 1 aromatic carbocycles. The maximum atomic E-state index is 9.84. The SMILES string of the molecule is O[C@@H]1CCCN(c2ccnc(NCc3nc(-c4ccccc4)n[nH]3)n2)C1. The molecule has 8 nitrogen and oxygen atoms in total. The van der Waals surface area contributed by atoms with Crippen LogP contribution in [0.15, 0.2) is 42.6 Å². The number of aliphatic hydroxyl groups is 1. The molecule has 0 spiro atoms. The highest BCUT2D eigenvalue weighted by Crippen LogP contribution is 2.19. The smallest absolute Gasteiger partial charge is 0.224 e. The van der Waals surface area contributed by atoms with E-state index in [1.165, 1.54) is 0 Å². The second-order valence-corrected chi connectivity index (χ2v) is 6.31. The third-order valence-electron chi connectivity index (χ3n) is 4.34. The third kappa shape index (κ3) is 3.80. The van der Waals surface area contributed by atoms with E-state index in [1.54, 1.807) is 6.20 Å². The van der Waals surface area contributed by atoms with Crippen molar-refractivity contribution in [2.45, 2.75) is 25.5 Å². The van der Waals surface area contributed by atoms with Gasteiger partial charge in [-0.1, -0.05) is 30.3 Å². The van der Waals surface area contributed by atoms with Gasteiger partial charge in [-0.25, -0.2) is 9.97 Å². The molecule has 1 aliphatic heterocycles. The number of piperidine rings is 1. The lowest BCUT2D eigenvalue weighted by Crippen LogP contribution is -2.38. The summed E-state index contributed by atoms with van der Waals surface area (Å²) in [5.41, 5.74) is 0.969. The monoisotopic (exact) mass is 351 g/mol. The van der Waals surface area contributed by atoms with Gasteiger partial charge in [-0.15, -0.1) is 0 Å². The topological polar surface area (TPSA) is 103 Å². The first kappa shape index (κ1) is 16.5. The molecule has 3 aromatic rings. The highest BCUT2D eigenvalue weighted by Gasteiger charge is 2.19. The Bertz CT molecular complexity index is 852. The molecule has 0 amide bonds. The van der Waals surface area contributed by atoms with Crippen molar-refractivity contribution >= 4 is 11.8 Å². The average Bonchev–Trinajstić information content (AvgIpc) is 3.16. The van der Waals surface area contributed by atoms with Gasteiger partial charge in [0.05, 0.1) is 12.6 Å². The van der Waals surface area contributed by atoms with Crippen molar-refractivity contribution in [1.29, 1.82) is 0 Å². The molecule has 134 valence electrons. The number of aliphatic hydroxyl groups excluding tert-OH is 1. The number of nitrogens with zero attached hydrogens (tertiary/aromatic N) is 5. The summed E-state index contributed by atoms with van der Waals surface area (Å²) in [6.07, 6.45) is 3.25. The summed E-state index contributed by atoms with van der Waals surface area (Å²) in [4.78, 5) is 15.4. The molecule has 1 fully saturated rings. The first-order valence-corrected chi connectivity index (χ1v) is 8.74. The van der Waals surface area contributed by atoms with Gasteiger partial charge in [0.2, 0.25) is 5.95 Å². The van der Waals surface area contributed by atoms with E-state index in [9.17, 15) is 5.11 Å². The van der Waals surface area contributed by atoms with E-state index in [0.717, 1.165) is 30.8 Å². The van der Waals surface area contributed by atoms with Crippen LogP contribution in [0.2, 0.25) is 0 Å². The Kier molecular flexibility index (Phi) is 4.74. The highest BCUT2D eigenvalue weighted by molar-refractivity contribution is 5.54. The molecule has 3 heterocycles. The Hall–Kier alpha value is -3.00. The number of benzene rings is 1. The van der Waals surface area contributed by atoms with Crippen LogP contribution in [0.25, 0.3) is 11.4 Å². The average molecular weight is 351 g/mol. The van der Waals surface area contributed by atoms with Gasteiger partial charge in [-0.2, -0.15) is 10.1 Å². The molecule has 26 heavy (non-hydrogen) atoms. The first-order valence-electron chi connectivity index (χ1n) is 8.74. The molecule has 1 aliphatic rings. The summed E-state index contributed by atoms with van der Waals surface area (Å²) in [6, 6.07) is 11.7. The molecule has 1 saturated heterocycles. The van der Waals surface area contributed by atoms with Gasteiger partial charge in [0, 0.05) is 24.8 Å². The molecule has 1 atom stereocenters. The van der Waals surface area contributed by atoms with Crippen molar-refractivity contribution in [2.75, 3.05) is 23.3 Å². The fraction of sp³-hybridized carbons (Fsp3) is 0.333. The number of hydrogen-bond acceptors (Lipinski definition) is 7. The van der Waals surface area contributed by atoms with Crippen LogP contribution in [0, 0.1) is 0 Å². The van der Waals surface area contributed by atoms with E-state index in [0.29, 0.717) is 30.7 Å². The van der Waals surface area contributed by atoms with Gasteiger partial charge in [0.15, 0.2) is 5.82 Å². The van der Waals surface area contributed by atoms with Crippen LogP contribution in [0.1, 0.15) is 18.7 Å². The van der Waals surface area contributed by atoms with Crippen molar-refractivity contribution in [1.82, 2.24) is 25.1 Å². The number of β-amino-alcohol motifs (C(OH)–C–C–N with tert-alkyl or cyclic N) is 1. The highest BCUT2D eigenvalue weighted by atomic mass is 16.3. The van der Waals surface area contributed by atoms with Crippen LogP contribution in [0.3, 0.4) is 0 Å². The second-order valence-electron chi connectivity index (χ2n) is 6.31. The number of aromatic amines is 1. The van der Waals surface area contributed by atoms with Gasteiger partial charge in [0.1, 0.15) is 11.6 Å². The minimum absolute atomic E-state index is 0.291. The molecule has 0 unspecified atom stereocenters. The predicted octanol–water partition coefficient (Wildman–Crippen LogP) is 1.83. The van der Waals surface area contributed by atoms with E-state index in [-0.39, 0.29) is 6.10 Å². The number of nitrogens with one attached hydrogen (secondary N) is 2. The second kappa shape index (κ2) is 7.49. The quantitative estimate of drug-likeness (QED) is 0.644. The van der Waals surface area contributed by atoms with Crippen LogP contribution in [-0.2, 0) is 6.54 Å². The van der Waals surface area contributed by atoms with Crippen LogP contribution in [-0.4, -0.2) is 49.4 Å². The van der Waals surface area contributed by atoms with E-state index < -0.39 is 0 Å². The Labute approximate surface area is 151 Å². The van der Waals surface area contributed by atoms with Crippen LogP contribution < -0.4 is 10.2 Å². The number of aromatic nitrogens is 5. The van der Waals surface area contributed by atoms with Gasteiger partial charge < -0.3 is 15.3 Å². The van der Waals surface area contributed by atoms with Gasteiger partial charge in [0.25, 0.3) is 0 Å². The lowest BCUT2D eigenvalue weighted by molar-refractivity contribution is 0.154. The van der Waals surface area contributed by atoms with Crippen LogP contribution in [0.4, 0.5) is 11.8 Å². The normalized spacial score (nSPS) is 17.3. The van der Waals surface area contributed by atoms with Gasteiger partial charge in [-0.05, 0) is 18.9 Å². The fourth-order valence-corrected chi connectivity index (χ4v) is 3.03. The number of hydrogen-bond donors (Lipinski definition) is 3. The van der Waals surface area contributed by atoms with E-state index in [1.807, 2.05) is 36.4 Å². The zero-order chi connectivity index (χ0) is 17.8. The molecule has 0 bridgehead atoms. The van der Waals surface area contributed by atoms with Crippen molar-refractivity contribution in [3.05, 3.63) is 48.4 Å². The number of H-pyrrole nitrogens is 1. The summed E-state index contributed by atoms with van der Waals surface area (Å²) in [5, 5.41) is 20.2. The molecular formula is C18H21N7O. The Balaban J connectivity index is 1.41. The third-order valence-corrected chi connectivity index (χ3v) is 4.34. The zero-order valence-corrected chi connectivity index (χ0v) is 14.3. The molecule has 0 radical (unpaired) electrons. The zero-order valence-electron chi connectivity index (χ0n) is 14.3. The molecule has 0 saturated carbocycles. The summed E-state index contributed by atoms with van der Waals surface area (Å²) in [7, 11) is 0. The number of anilines is 2. The lowest BCUT2D eigenvalue weighted by atomic mass is 10.1. The van der Waals surface area contributed by atoms with E-state index >= 15 is 0 Å². The van der Waals surface area contributed by atoms with Crippen LogP contribution >= 0.6 is 0 Å². The molecule has 2 aromatic heterocycles. The fourth-order valence-electron chi connectivity index (χ4n) is 3.03. The van der Waals surface area contributed by atoms with Crippen molar-refractivity contribution < 1.29 is 5.11 Å². The lowest BCUT2D eigenvalue weighted by Gasteiger charge is -2.31. The Morgan fingerprint density at radius 2 is 2.08 bits per heavy atom. The largest absolute Gasteiger partial charge is 0.391 e. The summed E-state index contributed by atoms with van der Waals surface area (Å²) in [6.45, 7) is 1.96. The minimum Gasteiger partial charge on any atom is -0.391 e. The van der Waals surface area contributed by atoms with Gasteiger partial charge in [-0.3, -0.25) is 5.10 Å². The molecule has 8 heteroatoms. The molecular weight excluding hydrogens is 330 g/mol. The van der Waals surface area contributed by atoms with Crippen LogP contribution in [0.5, 0.6) is 0 Å². The maximum absolute atomic E-state index is 9.84. The van der Waals surface area contributed by atoms with E-state index in [4.69, 9.17) is 0 Å². The first-order chi connectivity index (χ1) is 12.8. The number of rotatable bonds is 5. The van der Waals surface area contributed by atoms with Crippen molar-refractivity contribution in [2.24, 2.45) is 0 Å². The molecule has 3 N–H and O–H groups in total. The minimum atomic E-state index is -0.291. The molecule has 0 aliphatic carbocycles. The van der Waals surface area contributed by atoms with Crippen molar-refractivity contribution in [3.63, 3.8) is 0 Å².